The second kappa shape index (κ2) is 8.07. The standard InChI is InChI=1S/C15H28N2S/c1-4-15(5-2,18-3)12-17-14-10-8-6-7-9-13(14)11-16/h13-14,17H,4-10,12H2,1-3H3. The lowest BCUT2D eigenvalue weighted by Crippen LogP contribution is -2.44. The number of thioether (sulfide) groups is 1. The molecule has 2 nitrogen and oxygen atoms in total. The lowest BCUT2D eigenvalue weighted by atomic mass is 9.94. The molecule has 0 amide bonds. The van der Waals surface area contributed by atoms with Gasteiger partial charge in [-0.15, -0.1) is 0 Å². The van der Waals surface area contributed by atoms with E-state index < -0.39 is 0 Å². The van der Waals surface area contributed by atoms with E-state index in [-0.39, 0.29) is 5.92 Å². The van der Waals surface area contributed by atoms with Crippen molar-refractivity contribution < 1.29 is 0 Å². The summed E-state index contributed by atoms with van der Waals surface area (Å²) in [6.07, 6.45) is 10.7. The zero-order valence-corrected chi connectivity index (χ0v) is 13.0. The van der Waals surface area contributed by atoms with Gasteiger partial charge >= 0.3 is 0 Å². The average molecular weight is 268 g/mol. The normalized spacial score (nSPS) is 25.4. The predicted molar refractivity (Wildman–Crippen MR) is 80.8 cm³/mol. The molecule has 3 heteroatoms. The van der Waals surface area contributed by atoms with Gasteiger partial charge in [-0.1, -0.05) is 33.1 Å². The fourth-order valence-electron chi connectivity index (χ4n) is 2.88. The van der Waals surface area contributed by atoms with Gasteiger partial charge in [0.2, 0.25) is 0 Å². The molecule has 104 valence electrons. The van der Waals surface area contributed by atoms with Crippen LogP contribution in [0.2, 0.25) is 0 Å². The zero-order chi connectivity index (χ0) is 13.4. The van der Waals surface area contributed by atoms with E-state index in [0.717, 1.165) is 13.0 Å². The molecule has 1 aliphatic carbocycles. The van der Waals surface area contributed by atoms with E-state index in [9.17, 15) is 5.26 Å². The molecule has 0 saturated heterocycles. The van der Waals surface area contributed by atoms with Gasteiger partial charge in [0.05, 0.1) is 12.0 Å². The van der Waals surface area contributed by atoms with E-state index in [0.29, 0.717) is 10.8 Å². The Morgan fingerprint density at radius 2 is 1.89 bits per heavy atom. The molecule has 0 aromatic carbocycles. The van der Waals surface area contributed by atoms with E-state index in [2.05, 4.69) is 31.5 Å². The summed E-state index contributed by atoms with van der Waals surface area (Å²) < 4.78 is 0.353. The summed E-state index contributed by atoms with van der Waals surface area (Å²) in [7, 11) is 0. The molecule has 18 heavy (non-hydrogen) atoms. The first-order valence-electron chi connectivity index (χ1n) is 7.39. The van der Waals surface area contributed by atoms with Crippen molar-refractivity contribution in [3.8, 4) is 6.07 Å². The first kappa shape index (κ1) is 15.9. The Kier molecular flexibility index (Phi) is 7.11. The van der Waals surface area contributed by atoms with Crippen molar-refractivity contribution in [1.82, 2.24) is 5.32 Å². The summed E-state index contributed by atoms with van der Waals surface area (Å²) in [5.41, 5.74) is 0. The van der Waals surface area contributed by atoms with E-state index in [1.807, 2.05) is 11.8 Å². The zero-order valence-electron chi connectivity index (χ0n) is 12.2. The van der Waals surface area contributed by atoms with Gasteiger partial charge in [-0.05, 0) is 31.9 Å². The number of nitrogens with zero attached hydrogens (tertiary/aromatic N) is 1. The first-order chi connectivity index (χ1) is 8.71. The van der Waals surface area contributed by atoms with Gasteiger partial charge in [0, 0.05) is 17.3 Å². The molecular formula is C15H28N2S. The molecule has 0 spiro atoms. The molecule has 1 aliphatic rings. The largest absolute Gasteiger partial charge is 0.311 e. The number of nitrogens with one attached hydrogen (secondary N) is 1. The second-order valence-corrected chi connectivity index (χ2v) is 6.73. The molecule has 1 saturated carbocycles. The van der Waals surface area contributed by atoms with Crippen molar-refractivity contribution >= 4 is 11.8 Å². The predicted octanol–water partition coefficient (Wildman–Crippen LogP) is 3.97. The Balaban J connectivity index is 2.56. The lowest BCUT2D eigenvalue weighted by molar-refractivity contribution is 0.365. The highest BCUT2D eigenvalue weighted by molar-refractivity contribution is 8.00. The Labute approximate surface area is 117 Å². The third kappa shape index (κ3) is 4.17. The van der Waals surface area contributed by atoms with Crippen LogP contribution in [0.5, 0.6) is 0 Å². The fraction of sp³-hybridized carbons (Fsp3) is 0.933. The molecule has 0 aliphatic heterocycles. The highest BCUT2D eigenvalue weighted by Crippen LogP contribution is 2.31. The van der Waals surface area contributed by atoms with Gasteiger partial charge in [-0.3, -0.25) is 0 Å². The molecule has 2 unspecified atom stereocenters. The molecule has 0 aromatic heterocycles. The van der Waals surface area contributed by atoms with Crippen LogP contribution in [0.15, 0.2) is 0 Å². The summed E-state index contributed by atoms with van der Waals surface area (Å²) in [5, 5.41) is 13.0. The van der Waals surface area contributed by atoms with Crippen LogP contribution >= 0.6 is 11.8 Å². The molecule has 2 atom stereocenters. The van der Waals surface area contributed by atoms with Crippen molar-refractivity contribution in [2.45, 2.75) is 69.6 Å². The maximum Gasteiger partial charge on any atom is 0.0672 e. The molecule has 1 rings (SSSR count). The SMILES string of the molecule is CCC(CC)(CNC1CCCCCC1C#N)SC. The summed E-state index contributed by atoms with van der Waals surface area (Å²) in [5.74, 6) is 0.223. The maximum absolute atomic E-state index is 9.29. The van der Waals surface area contributed by atoms with E-state index >= 15 is 0 Å². The van der Waals surface area contributed by atoms with Crippen molar-refractivity contribution in [2.75, 3.05) is 12.8 Å². The van der Waals surface area contributed by atoms with Crippen LogP contribution < -0.4 is 5.32 Å². The summed E-state index contributed by atoms with van der Waals surface area (Å²) >= 11 is 1.97. The fourth-order valence-corrected chi connectivity index (χ4v) is 3.69. The highest BCUT2D eigenvalue weighted by Gasteiger charge is 2.29. The highest BCUT2D eigenvalue weighted by atomic mass is 32.2. The Bertz CT molecular complexity index is 260. The first-order valence-corrected chi connectivity index (χ1v) is 8.62. The maximum atomic E-state index is 9.29. The van der Waals surface area contributed by atoms with Crippen LogP contribution in [-0.2, 0) is 0 Å². The van der Waals surface area contributed by atoms with Crippen molar-refractivity contribution in [3.05, 3.63) is 0 Å². The molecule has 0 heterocycles. The van der Waals surface area contributed by atoms with Crippen LogP contribution in [0.25, 0.3) is 0 Å². The molecule has 0 radical (unpaired) electrons. The van der Waals surface area contributed by atoms with Crippen LogP contribution in [-0.4, -0.2) is 23.6 Å². The van der Waals surface area contributed by atoms with Crippen LogP contribution in [0, 0.1) is 17.2 Å². The minimum absolute atomic E-state index is 0.223. The van der Waals surface area contributed by atoms with E-state index in [4.69, 9.17) is 0 Å². The number of hydrogen-bond acceptors (Lipinski definition) is 3. The van der Waals surface area contributed by atoms with E-state index in [1.54, 1.807) is 0 Å². The van der Waals surface area contributed by atoms with Gasteiger partial charge in [-0.25, -0.2) is 0 Å². The van der Waals surface area contributed by atoms with Gasteiger partial charge in [0.15, 0.2) is 0 Å². The van der Waals surface area contributed by atoms with Gasteiger partial charge in [0.25, 0.3) is 0 Å². The number of nitriles is 1. The molecule has 1 fully saturated rings. The van der Waals surface area contributed by atoms with Crippen LogP contribution in [0.1, 0.15) is 58.8 Å². The third-order valence-electron chi connectivity index (χ3n) is 4.59. The summed E-state index contributed by atoms with van der Waals surface area (Å²) in [4.78, 5) is 0. The van der Waals surface area contributed by atoms with Crippen molar-refractivity contribution in [1.29, 1.82) is 5.26 Å². The average Bonchev–Trinajstić information content (AvgIpc) is 2.66. The number of hydrogen-bond donors (Lipinski definition) is 1. The minimum Gasteiger partial charge on any atom is -0.311 e. The Morgan fingerprint density at radius 1 is 1.22 bits per heavy atom. The Hall–Kier alpha value is -0.200. The van der Waals surface area contributed by atoms with Crippen molar-refractivity contribution in [2.24, 2.45) is 5.92 Å². The molecule has 0 aromatic rings. The smallest absolute Gasteiger partial charge is 0.0672 e. The lowest BCUT2D eigenvalue weighted by Gasteiger charge is -2.33. The van der Waals surface area contributed by atoms with Crippen LogP contribution in [0.3, 0.4) is 0 Å². The van der Waals surface area contributed by atoms with Gasteiger partial charge < -0.3 is 5.32 Å². The monoisotopic (exact) mass is 268 g/mol. The van der Waals surface area contributed by atoms with E-state index in [1.165, 1.54) is 38.5 Å². The van der Waals surface area contributed by atoms with Gasteiger partial charge in [0.1, 0.15) is 0 Å². The summed E-state index contributed by atoms with van der Waals surface area (Å²) in [6.45, 7) is 5.59. The van der Waals surface area contributed by atoms with Gasteiger partial charge in [-0.2, -0.15) is 17.0 Å². The number of rotatable bonds is 6. The van der Waals surface area contributed by atoms with Crippen LogP contribution in [0.4, 0.5) is 0 Å². The summed E-state index contributed by atoms with van der Waals surface area (Å²) in [6, 6.07) is 2.93. The minimum atomic E-state index is 0.223. The third-order valence-corrected chi connectivity index (χ3v) is 6.18. The molecule has 1 N–H and O–H groups in total. The van der Waals surface area contributed by atoms with Crippen molar-refractivity contribution in [3.63, 3.8) is 0 Å². The molecular weight excluding hydrogens is 240 g/mol. The topological polar surface area (TPSA) is 35.8 Å². The quantitative estimate of drug-likeness (QED) is 0.740. The second-order valence-electron chi connectivity index (χ2n) is 5.46. The molecule has 0 bridgehead atoms. The Morgan fingerprint density at radius 3 is 2.44 bits per heavy atom.